The number of ether oxygens (including phenoxy) is 1. The first-order valence-corrected chi connectivity index (χ1v) is 7.36. The van der Waals surface area contributed by atoms with Gasteiger partial charge in [-0.2, -0.15) is 0 Å². The SMILES string of the molecule is COC(=O)CCCCC1(C)CCSS1. The summed E-state index contributed by atoms with van der Waals surface area (Å²) < 4.78 is 5.06. The third kappa shape index (κ3) is 4.13. The lowest BCUT2D eigenvalue weighted by atomic mass is 9.99. The van der Waals surface area contributed by atoms with Crippen LogP contribution in [0.2, 0.25) is 0 Å². The molecule has 0 spiro atoms. The molecule has 82 valence electrons. The van der Waals surface area contributed by atoms with Crippen molar-refractivity contribution in [2.45, 2.75) is 43.8 Å². The Morgan fingerprint density at radius 2 is 2.29 bits per heavy atom. The molecule has 1 aliphatic rings. The molecule has 2 nitrogen and oxygen atoms in total. The molecule has 0 saturated carbocycles. The Labute approximate surface area is 93.9 Å². The van der Waals surface area contributed by atoms with Crippen LogP contribution >= 0.6 is 21.6 Å². The molecular weight excluding hydrogens is 216 g/mol. The van der Waals surface area contributed by atoms with Gasteiger partial charge in [-0.05, 0) is 26.2 Å². The minimum atomic E-state index is -0.0800. The highest BCUT2D eigenvalue weighted by Crippen LogP contribution is 2.49. The standard InChI is InChI=1S/C10H18O2S2/c1-10(7-8-13-14-10)6-4-3-5-9(11)12-2/h3-8H2,1-2H3. The quantitative estimate of drug-likeness (QED) is 0.414. The second-order valence-corrected chi connectivity index (χ2v) is 6.89. The number of unbranched alkanes of at least 4 members (excludes halogenated alkanes) is 1. The fourth-order valence-electron chi connectivity index (χ4n) is 1.52. The second kappa shape index (κ2) is 5.91. The molecule has 0 aromatic rings. The van der Waals surface area contributed by atoms with E-state index in [1.807, 2.05) is 21.6 Å². The summed E-state index contributed by atoms with van der Waals surface area (Å²) >= 11 is 0. The molecule has 0 amide bonds. The zero-order chi connectivity index (χ0) is 10.4. The van der Waals surface area contributed by atoms with Crippen molar-refractivity contribution in [2.75, 3.05) is 12.9 Å². The van der Waals surface area contributed by atoms with Crippen molar-refractivity contribution in [2.24, 2.45) is 0 Å². The summed E-state index contributed by atoms with van der Waals surface area (Å²) in [5.74, 6) is 1.20. The molecule has 0 bridgehead atoms. The average molecular weight is 234 g/mol. The number of rotatable bonds is 5. The second-order valence-electron chi connectivity index (χ2n) is 3.89. The van der Waals surface area contributed by atoms with Crippen LogP contribution in [0.25, 0.3) is 0 Å². The van der Waals surface area contributed by atoms with Crippen molar-refractivity contribution in [3.8, 4) is 0 Å². The van der Waals surface area contributed by atoms with Gasteiger partial charge in [-0.15, -0.1) is 0 Å². The van der Waals surface area contributed by atoms with Gasteiger partial charge < -0.3 is 4.74 Å². The van der Waals surface area contributed by atoms with Crippen molar-refractivity contribution in [1.82, 2.24) is 0 Å². The van der Waals surface area contributed by atoms with Crippen molar-refractivity contribution < 1.29 is 9.53 Å². The third-order valence-electron chi connectivity index (χ3n) is 2.54. The van der Waals surface area contributed by atoms with Gasteiger partial charge in [0.2, 0.25) is 0 Å². The van der Waals surface area contributed by atoms with E-state index in [1.54, 1.807) is 0 Å². The molecule has 1 heterocycles. The van der Waals surface area contributed by atoms with Gasteiger partial charge in [-0.25, -0.2) is 0 Å². The summed E-state index contributed by atoms with van der Waals surface area (Å²) in [4.78, 5) is 10.9. The normalized spacial score (nSPS) is 26.4. The lowest BCUT2D eigenvalue weighted by molar-refractivity contribution is -0.140. The fourth-order valence-corrected chi connectivity index (χ4v) is 4.82. The lowest BCUT2D eigenvalue weighted by Crippen LogP contribution is -2.15. The van der Waals surface area contributed by atoms with E-state index in [2.05, 4.69) is 11.7 Å². The maximum absolute atomic E-state index is 10.9. The minimum Gasteiger partial charge on any atom is -0.469 e. The maximum atomic E-state index is 10.9. The van der Waals surface area contributed by atoms with Gasteiger partial charge in [0.15, 0.2) is 0 Å². The summed E-state index contributed by atoms with van der Waals surface area (Å²) in [5.41, 5.74) is 0. The van der Waals surface area contributed by atoms with Gasteiger partial charge in [0.05, 0.1) is 7.11 Å². The molecule has 1 atom stereocenters. The Kier molecular flexibility index (Phi) is 5.17. The Bertz CT molecular complexity index is 189. The van der Waals surface area contributed by atoms with Crippen LogP contribution in [-0.4, -0.2) is 23.6 Å². The van der Waals surface area contributed by atoms with Crippen molar-refractivity contribution >= 4 is 27.6 Å². The average Bonchev–Trinajstić information content (AvgIpc) is 2.60. The number of hydrogen-bond donors (Lipinski definition) is 0. The van der Waals surface area contributed by atoms with Gasteiger partial charge in [-0.1, -0.05) is 28.0 Å². The maximum Gasteiger partial charge on any atom is 0.305 e. The minimum absolute atomic E-state index is 0.0800. The highest BCUT2D eigenvalue weighted by molar-refractivity contribution is 8.77. The Hall–Kier alpha value is 0.170. The van der Waals surface area contributed by atoms with E-state index < -0.39 is 0 Å². The summed E-state index contributed by atoms with van der Waals surface area (Å²) in [6.07, 6.45) is 5.21. The zero-order valence-corrected chi connectivity index (χ0v) is 10.5. The summed E-state index contributed by atoms with van der Waals surface area (Å²) in [5, 5.41) is 0. The highest BCUT2D eigenvalue weighted by atomic mass is 33.1. The summed E-state index contributed by atoms with van der Waals surface area (Å²) in [6.45, 7) is 2.33. The van der Waals surface area contributed by atoms with Gasteiger partial charge in [-0.3, -0.25) is 4.79 Å². The number of carbonyl (C=O) groups excluding carboxylic acids is 1. The van der Waals surface area contributed by atoms with E-state index >= 15 is 0 Å². The molecule has 4 heteroatoms. The third-order valence-corrected chi connectivity index (χ3v) is 5.90. The summed E-state index contributed by atoms with van der Waals surface area (Å²) in [6, 6.07) is 0. The molecule has 1 unspecified atom stereocenters. The van der Waals surface area contributed by atoms with E-state index in [0.29, 0.717) is 11.2 Å². The van der Waals surface area contributed by atoms with E-state index in [0.717, 1.165) is 12.8 Å². The molecule has 1 fully saturated rings. The van der Waals surface area contributed by atoms with Crippen LogP contribution in [0, 0.1) is 0 Å². The first-order valence-electron chi connectivity index (χ1n) is 5.04. The first kappa shape index (κ1) is 12.2. The van der Waals surface area contributed by atoms with Crippen LogP contribution in [0.3, 0.4) is 0 Å². The molecule has 0 aromatic carbocycles. The van der Waals surface area contributed by atoms with E-state index in [9.17, 15) is 4.79 Å². The van der Waals surface area contributed by atoms with Gasteiger partial charge in [0, 0.05) is 16.9 Å². The molecule has 1 rings (SSSR count). The smallest absolute Gasteiger partial charge is 0.305 e. The van der Waals surface area contributed by atoms with Crippen LogP contribution in [0.1, 0.15) is 39.0 Å². The topological polar surface area (TPSA) is 26.3 Å². The van der Waals surface area contributed by atoms with Crippen LogP contribution in [0.5, 0.6) is 0 Å². The molecule has 0 aromatic heterocycles. The Morgan fingerprint density at radius 1 is 1.50 bits per heavy atom. The molecule has 1 saturated heterocycles. The Morgan fingerprint density at radius 3 is 2.86 bits per heavy atom. The Balaban J connectivity index is 2.06. The summed E-state index contributed by atoms with van der Waals surface area (Å²) in [7, 11) is 5.44. The van der Waals surface area contributed by atoms with Crippen LogP contribution in [0.4, 0.5) is 0 Å². The van der Waals surface area contributed by atoms with Crippen molar-refractivity contribution in [3.63, 3.8) is 0 Å². The number of esters is 1. The molecule has 14 heavy (non-hydrogen) atoms. The van der Waals surface area contributed by atoms with Gasteiger partial charge in [0.25, 0.3) is 0 Å². The van der Waals surface area contributed by atoms with Crippen LogP contribution < -0.4 is 0 Å². The predicted molar refractivity (Wildman–Crippen MR) is 63.6 cm³/mol. The van der Waals surface area contributed by atoms with Crippen molar-refractivity contribution in [3.05, 3.63) is 0 Å². The monoisotopic (exact) mass is 234 g/mol. The highest BCUT2D eigenvalue weighted by Gasteiger charge is 2.29. The van der Waals surface area contributed by atoms with Crippen LogP contribution in [-0.2, 0) is 9.53 Å². The molecule has 0 aliphatic carbocycles. The predicted octanol–water partition coefficient (Wildman–Crippen LogP) is 3.26. The van der Waals surface area contributed by atoms with E-state index in [4.69, 9.17) is 0 Å². The molecule has 1 aliphatic heterocycles. The lowest BCUT2D eigenvalue weighted by Gasteiger charge is -2.20. The van der Waals surface area contributed by atoms with Gasteiger partial charge >= 0.3 is 5.97 Å². The molecule has 0 N–H and O–H groups in total. The van der Waals surface area contributed by atoms with Crippen LogP contribution in [0.15, 0.2) is 0 Å². The van der Waals surface area contributed by atoms with Gasteiger partial charge in [0.1, 0.15) is 0 Å². The fraction of sp³-hybridized carbons (Fsp3) is 0.900. The zero-order valence-electron chi connectivity index (χ0n) is 8.88. The first-order chi connectivity index (χ1) is 6.66. The molecule has 0 radical (unpaired) electrons. The number of carbonyl (C=O) groups is 1. The molecular formula is C10H18O2S2. The van der Waals surface area contributed by atoms with Crippen molar-refractivity contribution in [1.29, 1.82) is 0 Å². The van der Waals surface area contributed by atoms with E-state index in [1.165, 1.54) is 25.7 Å². The largest absolute Gasteiger partial charge is 0.469 e. The number of hydrogen-bond acceptors (Lipinski definition) is 4. The number of methoxy groups -OCH3 is 1. The van der Waals surface area contributed by atoms with E-state index in [-0.39, 0.29) is 5.97 Å².